The third kappa shape index (κ3) is 17.9. The van der Waals surface area contributed by atoms with Gasteiger partial charge in [-0.15, -0.1) is 0 Å². The predicted molar refractivity (Wildman–Crippen MR) is 87.1 cm³/mol. The molecule has 0 aromatic rings. The Kier molecular flexibility index (Phi) is 13.8. The van der Waals surface area contributed by atoms with Gasteiger partial charge in [0.05, 0.1) is 41.0 Å². The number of likely N-dealkylation sites (N-methyl/N-ethyl adjacent to an activating group) is 1. The van der Waals surface area contributed by atoms with Crippen molar-refractivity contribution in [1.82, 2.24) is 0 Å². The molecule has 0 aliphatic carbocycles. The number of hydrogen-bond donors (Lipinski definition) is 0. The lowest BCUT2D eigenvalue weighted by Crippen LogP contribution is -2.37. The van der Waals surface area contributed by atoms with Crippen LogP contribution < -0.4 is 0 Å². The Bertz CT molecular complexity index is 190. The van der Waals surface area contributed by atoms with Gasteiger partial charge in [-0.1, -0.05) is 51.9 Å². The van der Waals surface area contributed by atoms with E-state index in [2.05, 4.69) is 28.1 Å². The number of unbranched alkanes of at least 4 members (excludes halogenated alkanes) is 7. The molecule has 3 nitrogen and oxygen atoms in total. The maximum Gasteiger partial charge on any atom is 0.102 e. The van der Waals surface area contributed by atoms with Gasteiger partial charge in [-0.25, -0.2) is 0 Å². The number of nitrogens with zero attached hydrogens (tertiary/aromatic N) is 1. The average molecular weight is 288 g/mol. The van der Waals surface area contributed by atoms with Crippen molar-refractivity contribution in [1.29, 1.82) is 0 Å². The lowest BCUT2D eigenvalue weighted by atomic mass is 10.1. The zero-order valence-electron chi connectivity index (χ0n) is 14.5. The van der Waals surface area contributed by atoms with Gasteiger partial charge < -0.3 is 14.0 Å². The molecule has 0 saturated carbocycles. The van der Waals surface area contributed by atoms with E-state index in [0.29, 0.717) is 0 Å². The molecule has 0 bridgehead atoms. The van der Waals surface area contributed by atoms with E-state index in [-0.39, 0.29) is 0 Å². The maximum atomic E-state index is 5.58. The van der Waals surface area contributed by atoms with E-state index in [4.69, 9.17) is 9.47 Å². The zero-order valence-corrected chi connectivity index (χ0v) is 14.5. The van der Waals surface area contributed by atoms with Gasteiger partial charge in [0.2, 0.25) is 0 Å². The van der Waals surface area contributed by atoms with Crippen molar-refractivity contribution in [2.75, 3.05) is 54.1 Å². The van der Waals surface area contributed by atoms with Gasteiger partial charge in [-0.3, -0.25) is 0 Å². The van der Waals surface area contributed by atoms with Crippen molar-refractivity contribution in [2.24, 2.45) is 0 Å². The van der Waals surface area contributed by atoms with E-state index in [1.54, 1.807) is 0 Å². The Morgan fingerprint density at radius 2 is 1.10 bits per heavy atom. The van der Waals surface area contributed by atoms with E-state index in [1.165, 1.54) is 51.4 Å². The van der Waals surface area contributed by atoms with Crippen molar-refractivity contribution in [3.63, 3.8) is 0 Å². The van der Waals surface area contributed by atoms with Gasteiger partial charge in [-0.2, -0.15) is 0 Å². The molecule has 0 fully saturated rings. The first-order chi connectivity index (χ1) is 9.56. The normalized spacial score (nSPS) is 12.0. The van der Waals surface area contributed by atoms with E-state index >= 15 is 0 Å². The molecule has 0 saturated heterocycles. The molecule has 0 aromatic carbocycles. The second-order valence-corrected chi connectivity index (χ2v) is 6.71. The standard InChI is InChI=1S/C17H38NO2/c1-5-6-7-8-9-10-11-12-14-19-16-17-20-15-13-18(2,3)4/h5-17H2,1-4H3/q+1. The Labute approximate surface area is 127 Å². The molecule has 122 valence electrons. The summed E-state index contributed by atoms with van der Waals surface area (Å²) in [7, 11) is 6.55. The summed E-state index contributed by atoms with van der Waals surface area (Å²) in [4.78, 5) is 0. The van der Waals surface area contributed by atoms with E-state index < -0.39 is 0 Å². The zero-order chi connectivity index (χ0) is 15.1. The summed E-state index contributed by atoms with van der Waals surface area (Å²) < 4.78 is 12.1. The predicted octanol–water partition coefficient (Wildman–Crippen LogP) is 3.87. The molecule has 0 aliphatic rings. The molecule has 0 aromatic heterocycles. The summed E-state index contributed by atoms with van der Waals surface area (Å²) in [5, 5.41) is 0. The molecule has 0 heterocycles. The van der Waals surface area contributed by atoms with E-state index in [0.717, 1.165) is 37.5 Å². The van der Waals surface area contributed by atoms with E-state index in [1.807, 2.05) is 0 Å². The maximum absolute atomic E-state index is 5.58. The van der Waals surface area contributed by atoms with Crippen LogP contribution in [0.2, 0.25) is 0 Å². The fourth-order valence-corrected chi connectivity index (χ4v) is 2.00. The van der Waals surface area contributed by atoms with Crippen molar-refractivity contribution in [3.05, 3.63) is 0 Å². The van der Waals surface area contributed by atoms with Crippen molar-refractivity contribution in [3.8, 4) is 0 Å². The van der Waals surface area contributed by atoms with Gasteiger partial charge in [0, 0.05) is 6.61 Å². The first kappa shape index (κ1) is 19.9. The van der Waals surface area contributed by atoms with Crippen molar-refractivity contribution < 1.29 is 14.0 Å². The van der Waals surface area contributed by atoms with Gasteiger partial charge in [0.15, 0.2) is 0 Å². The van der Waals surface area contributed by atoms with Gasteiger partial charge in [0.1, 0.15) is 6.54 Å². The van der Waals surface area contributed by atoms with Crippen LogP contribution in [0.3, 0.4) is 0 Å². The van der Waals surface area contributed by atoms with Gasteiger partial charge in [-0.05, 0) is 6.42 Å². The summed E-state index contributed by atoms with van der Waals surface area (Å²) in [5.41, 5.74) is 0. The summed E-state index contributed by atoms with van der Waals surface area (Å²) >= 11 is 0. The number of rotatable bonds is 15. The Balaban J connectivity index is 2.99. The highest BCUT2D eigenvalue weighted by Crippen LogP contribution is 2.08. The monoisotopic (exact) mass is 288 g/mol. The summed E-state index contributed by atoms with van der Waals surface area (Å²) in [6.45, 7) is 6.52. The van der Waals surface area contributed by atoms with Crippen LogP contribution in [-0.4, -0.2) is 58.6 Å². The molecule has 0 unspecified atom stereocenters. The van der Waals surface area contributed by atoms with Crippen LogP contribution >= 0.6 is 0 Å². The highest BCUT2D eigenvalue weighted by atomic mass is 16.5. The largest absolute Gasteiger partial charge is 0.379 e. The third-order valence-corrected chi connectivity index (χ3v) is 3.42. The number of ether oxygens (including phenoxy) is 2. The SMILES string of the molecule is CCCCCCCCCCOCCOCC[N+](C)(C)C. The molecule has 0 rings (SSSR count). The summed E-state index contributed by atoms with van der Waals surface area (Å²) in [6, 6.07) is 0. The van der Waals surface area contributed by atoms with Crippen LogP contribution in [0.5, 0.6) is 0 Å². The van der Waals surface area contributed by atoms with Gasteiger partial charge in [0.25, 0.3) is 0 Å². The fraction of sp³-hybridized carbons (Fsp3) is 1.00. The minimum absolute atomic E-state index is 0.733. The second kappa shape index (κ2) is 13.8. The summed E-state index contributed by atoms with van der Waals surface area (Å²) in [6.07, 6.45) is 10.8. The van der Waals surface area contributed by atoms with Crippen LogP contribution in [0.25, 0.3) is 0 Å². The molecule has 0 atom stereocenters. The van der Waals surface area contributed by atoms with Crippen molar-refractivity contribution >= 4 is 0 Å². The van der Waals surface area contributed by atoms with Crippen LogP contribution in [0.4, 0.5) is 0 Å². The lowest BCUT2D eigenvalue weighted by Gasteiger charge is -2.23. The molecular formula is C17H38NO2+. The number of hydrogen-bond acceptors (Lipinski definition) is 2. The van der Waals surface area contributed by atoms with Crippen molar-refractivity contribution in [2.45, 2.75) is 58.3 Å². The molecule has 0 spiro atoms. The first-order valence-corrected chi connectivity index (χ1v) is 8.52. The van der Waals surface area contributed by atoms with Crippen LogP contribution in [-0.2, 0) is 9.47 Å². The Hall–Kier alpha value is -0.120. The lowest BCUT2D eigenvalue weighted by molar-refractivity contribution is -0.870. The molecule has 20 heavy (non-hydrogen) atoms. The summed E-state index contributed by atoms with van der Waals surface area (Å²) in [5.74, 6) is 0. The molecule has 0 N–H and O–H groups in total. The second-order valence-electron chi connectivity index (χ2n) is 6.71. The Morgan fingerprint density at radius 1 is 0.600 bits per heavy atom. The van der Waals surface area contributed by atoms with E-state index in [9.17, 15) is 0 Å². The minimum Gasteiger partial charge on any atom is -0.379 e. The van der Waals surface area contributed by atoms with Crippen LogP contribution in [0.15, 0.2) is 0 Å². The highest BCUT2D eigenvalue weighted by molar-refractivity contribution is 4.45. The first-order valence-electron chi connectivity index (χ1n) is 8.52. The molecule has 0 radical (unpaired) electrons. The molecule has 0 amide bonds. The highest BCUT2D eigenvalue weighted by Gasteiger charge is 2.05. The molecule has 3 heteroatoms. The topological polar surface area (TPSA) is 18.5 Å². The average Bonchev–Trinajstić information content (AvgIpc) is 2.38. The fourth-order valence-electron chi connectivity index (χ4n) is 2.00. The quantitative estimate of drug-likeness (QED) is 0.336. The molecule has 0 aliphatic heterocycles. The van der Waals surface area contributed by atoms with Gasteiger partial charge >= 0.3 is 0 Å². The Morgan fingerprint density at radius 3 is 1.65 bits per heavy atom. The van der Waals surface area contributed by atoms with Crippen LogP contribution in [0.1, 0.15) is 58.3 Å². The smallest absolute Gasteiger partial charge is 0.102 e. The molecular weight excluding hydrogens is 250 g/mol. The third-order valence-electron chi connectivity index (χ3n) is 3.42. The van der Waals surface area contributed by atoms with Crippen LogP contribution in [0, 0.1) is 0 Å². The number of quaternary nitrogens is 1. The minimum atomic E-state index is 0.733.